The van der Waals surface area contributed by atoms with E-state index in [0.717, 1.165) is 21.5 Å². The van der Waals surface area contributed by atoms with Crippen molar-refractivity contribution in [1.82, 2.24) is 4.57 Å². The topological polar surface area (TPSA) is 128 Å². The maximum Gasteiger partial charge on any atom is 0.359 e. The monoisotopic (exact) mass is 515 g/mol. The highest BCUT2D eigenvalue weighted by Gasteiger charge is 2.35. The summed E-state index contributed by atoms with van der Waals surface area (Å²) in [5.74, 6) is -2.81. The molecule has 2 heterocycles. The van der Waals surface area contributed by atoms with Gasteiger partial charge in [0.2, 0.25) is 0 Å². The highest BCUT2D eigenvalue weighted by molar-refractivity contribution is 6.53. The second-order valence-electron chi connectivity index (χ2n) is 8.29. The van der Waals surface area contributed by atoms with Crippen molar-refractivity contribution in [3.8, 4) is 0 Å². The van der Waals surface area contributed by atoms with E-state index < -0.39 is 23.9 Å². The number of ether oxygens (including phenoxy) is 2. The number of hydrazone groups is 1. The summed E-state index contributed by atoms with van der Waals surface area (Å²) in [6, 6.07) is 12.6. The third-order valence-corrected chi connectivity index (χ3v) is 5.98. The molecule has 1 unspecified atom stereocenters. The minimum atomic E-state index is -1.10. The molecule has 1 aliphatic rings. The lowest BCUT2D eigenvalue weighted by atomic mass is 10.1. The molecule has 1 atom stereocenters. The fourth-order valence-corrected chi connectivity index (χ4v) is 4.05. The van der Waals surface area contributed by atoms with Crippen LogP contribution in [0.15, 0.2) is 77.6 Å². The van der Waals surface area contributed by atoms with Gasteiger partial charge in [0.05, 0.1) is 30.5 Å². The molecular weight excluding hydrogens is 490 g/mol. The van der Waals surface area contributed by atoms with E-state index in [4.69, 9.17) is 14.6 Å². The number of anilines is 1. The lowest BCUT2D eigenvalue weighted by Crippen LogP contribution is -2.22. The molecule has 38 heavy (non-hydrogen) atoms. The van der Waals surface area contributed by atoms with Crippen LogP contribution in [0.2, 0.25) is 0 Å². The molecule has 3 aromatic rings. The average molecular weight is 516 g/mol. The first-order valence-electron chi connectivity index (χ1n) is 11.8. The zero-order valence-electron chi connectivity index (χ0n) is 21.0. The number of hydrogen-bond acceptors (Lipinski definition) is 7. The number of carboxylic acid groups (broad SMARTS) is 1. The number of amides is 1. The molecule has 0 aliphatic carbocycles. The summed E-state index contributed by atoms with van der Waals surface area (Å²) in [6.45, 7) is 3.48. The summed E-state index contributed by atoms with van der Waals surface area (Å²) in [4.78, 5) is 49.1. The van der Waals surface area contributed by atoms with Crippen molar-refractivity contribution >= 4 is 52.2 Å². The average Bonchev–Trinajstić information content (AvgIpc) is 3.46. The van der Waals surface area contributed by atoms with Crippen molar-refractivity contribution in [2.24, 2.45) is 5.10 Å². The smallest absolute Gasteiger partial charge is 0.359 e. The predicted octanol–water partition coefficient (Wildman–Crippen LogP) is 3.98. The highest BCUT2D eigenvalue weighted by atomic mass is 16.5. The molecule has 10 heteroatoms. The molecule has 1 amide bonds. The number of carbonyl (C=O) groups is 4. The Balaban J connectivity index is 1.69. The summed E-state index contributed by atoms with van der Waals surface area (Å²) in [7, 11) is 1.34. The van der Waals surface area contributed by atoms with E-state index in [1.165, 1.54) is 37.5 Å². The van der Waals surface area contributed by atoms with Crippen LogP contribution in [0.25, 0.3) is 17.0 Å². The Labute approximate surface area is 218 Å². The van der Waals surface area contributed by atoms with Gasteiger partial charge in [-0.25, -0.2) is 14.4 Å². The zero-order valence-corrected chi connectivity index (χ0v) is 21.0. The van der Waals surface area contributed by atoms with E-state index in [1.54, 1.807) is 26.0 Å². The molecule has 1 aromatic heterocycles. The number of benzene rings is 2. The Morgan fingerprint density at radius 3 is 2.47 bits per heavy atom. The number of aromatic nitrogens is 1. The molecule has 10 nitrogen and oxygen atoms in total. The van der Waals surface area contributed by atoms with Crippen molar-refractivity contribution in [1.29, 1.82) is 0 Å². The number of aromatic carboxylic acids is 1. The van der Waals surface area contributed by atoms with Gasteiger partial charge in [-0.3, -0.25) is 4.79 Å². The van der Waals surface area contributed by atoms with Crippen molar-refractivity contribution in [3.05, 3.63) is 83.6 Å². The Morgan fingerprint density at radius 1 is 1.11 bits per heavy atom. The van der Waals surface area contributed by atoms with Crippen LogP contribution in [0, 0.1) is 0 Å². The molecule has 4 rings (SSSR count). The fourth-order valence-electron chi connectivity index (χ4n) is 4.05. The van der Waals surface area contributed by atoms with Crippen LogP contribution in [0.1, 0.15) is 35.8 Å². The molecule has 1 N–H and O–H groups in total. The first kappa shape index (κ1) is 26.1. The Kier molecular flexibility index (Phi) is 7.52. The summed E-state index contributed by atoms with van der Waals surface area (Å²) in [5, 5.41) is 15.2. The van der Waals surface area contributed by atoms with Gasteiger partial charge in [0.15, 0.2) is 5.71 Å². The molecule has 194 valence electrons. The molecule has 0 radical (unpaired) electrons. The van der Waals surface area contributed by atoms with Crippen molar-refractivity contribution < 1.29 is 33.8 Å². The predicted molar refractivity (Wildman–Crippen MR) is 141 cm³/mol. The first-order chi connectivity index (χ1) is 18.3. The van der Waals surface area contributed by atoms with Crippen LogP contribution in [0.5, 0.6) is 0 Å². The van der Waals surface area contributed by atoms with Crippen LogP contribution in [-0.2, 0) is 23.9 Å². The molecule has 0 spiro atoms. The van der Waals surface area contributed by atoms with Crippen LogP contribution >= 0.6 is 0 Å². The number of rotatable bonds is 8. The number of fused-ring (bicyclic) bond motifs is 1. The van der Waals surface area contributed by atoms with Gasteiger partial charge >= 0.3 is 17.9 Å². The first-order valence-corrected chi connectivity index (χ1v) is 11.8. The fraction of sp³-hybridized carbons (Fsp3) is 0.179. The zero-order chi connectivity index (χ0) is 27.4. The second-order valence-corrected chi connectivity index (χ2v) is 8.29. The SMILES string of the molecule is CCOC(=O)C1=NN(c2ccc(C(=O)O)cc2)C(=O)/C1=C\C=C\c1cn(C(C)C(=O)OC)c2ccccc12. The third-order valence-electron chi connectivity index (χ3n) is 5.98. The third kappa shape index (κ3) is 4.96. The number of hydrogen-bond donors (Lipinski definition) is 1. The second kappa shape index (κ2) is 11.0. The number of methoxy groups -OCH3 is 1. The maximum absolute atomic E-state index is 13.2. The number of allylic oxidation sites excluding steroid dienone is 2. The van der Waals surface area contributed by atoms with Gasteiger partial charge in [0.1, 0.15) is 6.04 Å². The van der Waals surface area contributed by atoms with Crippen molar-refractivity contribution in [2.45, 2.75) is 19.9 Å². The Bertz CT molecular complexity index is 1510. The highest BCUT2D eigenvalue weighted by Crippen LogP contribution is 2.28. The molecule has 2 aromatic carbocycles. The number of para-hydroxylation sites is 1. The van der Waals surface area contributed by atoms with E-state index >= 15 is 0 Å². The van der Waals surface area contributed by atoms with Gasteiger partial charge in [-0.15, -0.1) is 0 Å². The summed E-state index contributed by atoms with van der Waals surface area (Å²) in [6.07, 6.45) is 6.66. The standard InChI is InChI=1S/C28H25N3O7/c1-4-38-28(36)24-22(25(32)31(29-24)20-14-12-18(13-15-20)26(33)34)10-7-8-19-16-30(17(2)27(35)37-3)23-11-6-5-9-21(19)23/h5-17H,4H2,1-3H3,(H,33,34)/b8-7+,22-10-. The van der Waals surface area contributed by atoms with Crippen LogP contribution in [-0.4, -0.2) is 52.9 Å². The quantitative estimate of drug-likeness (QED) is 0.355. The molecular formula is C28H25N3O7. The van der Waals surface area contributed by atoms with Gasteiger partial charge in [-0.2, -0.15) is 10.1 Å². The maximum atomic E-state index is 13.2. The van der Waals surface area contributed by atoms with Crippen LogP contribution < -0.4 is 5.01 Å². The van der Waals surface area contributed by atoms with E-state index in [-0.39, 0.29) is 29.4 Å². The minimum Gasteiger partial charge on any atom is -0.478 e. The van der Waals surface area contributed by atoms with Crippen LogP contribution in [0.4, 0.5) is 5.69 Å². The van der Waals surface area contributed by atoms with Gasteiger partial charge in [0, 0.05) is 22.7 Å². The van der Waals surface area contributed by atoms with E-state index in [0.29, 0.717) is 5.69 Å². The van der Waals surface area contributed by atoms with Gasteiger partial charge in [-0.05, 0) is 50.3 Å². The molecule has 0 fully saturated rings. The summed E-state index contributed by atoms with van der Waals surface area (Å²) in [5.41, 5.74) is 1.83. The van der Waals surface area contributed by atoms with E-state index in [9.17, 15) is 19.2 Å². The Hall–Kier alpha value is -4.99. The van der Waals surface area contributed by atoms with Crippen LogP contribution in [0.3, 0.4) is 0 Å². The van der Waals surface area contributed by atoms with E-state index in [2.05, 4.69) is 5.10 Å². The number of nitrogens with zero attached hydrogens (tertiary/aromatic N) is 3. The Morgan fingerprint density at radius 2 is 1.82 bits per heavy atom. The van der Waals surface area contributed by atoms with Gasteiger partial charge in [0.25, 0.3) is 5.91 Å². The molecule has 0 saturated carbocycles. The van der Waals surface area contributed by atoms with Crippen molar-refractivity contribution in [2.75, 3.05) is 18.7 Å². The molecule has 0 saturated heterocycles. The number of carboxylic acids is 1. The van der Waals surface area contributed by atoms with Gasteiger partial charge in [-0.1, -0.05) is 30.4 Å². The normalized spacial score (nSPS) is 15.2. The number of carbonyl (C=O) groups excluding carboxylic acids is 3. The van der Waals surface area contributed by atoms with Gasteiger partial charge < -0.3 is 19.1 Å². The minimum absolute atomic E-state index is 0.0219. The molecule has 0 bridgehead atoms. The molecule has 1 aliphatic heterocycles. The number of esters is 2. The lowest BCUT2D eigenvalue weighted by molar-refractivity contribution is -0.144. The van der Waals surface area contributed by atoms with Crippen molar-refractivity contribution in [3.63, 3.8) is 0 Å². The van der Waals surface area contributed by atoms with E-state index in [1.807, 2.05) is 35.0 Å². The summed E-state index contributed by atoms with van der Waals surface area (Å²) >= 11 is 0. The lowest BCUT2D eigenvalue weighted by Gasteiger charge is -2.12. The largest absolute Gasteiger partial charge is 0.478 e. The summed E-state index contributed by atoms with van der Waals surface area (Å²) < 4.78 is 11.8.